The van der Waals surface area contributed by atoms with Crippen LogP contribution in [0.2, 0.25) is 0 Å². The zero-order chi connectivity index (χ0) is 12.9. The molecule has 3 nitrogen and oxygen atoms in total. The summed E-state index contributed by atoms with van der Waals surface area (Å²) < 4.78 is 5.45. The largest absolute Gasteiger partial charge is 0.361 e. The third-order valence-electron chi connectivity index (χ3n) is 3.81. The number of nitrogens with zero attached hydrogens (tertiary/aromatic N) is 1. The van der Waals surface area contributed by atoms with E-state index in [9.17, 15) is 0 Å². The molecule has 100 valence electrons. The van der Waals surface area contributed by atoms with Crippen LogP contribution in [0, 0.1) is 0 Å². The number of benzene rings is 1. The fraction of sp³-hybridized carbons (Fsp3) is 0.438. The van der Waals surface area contributed by atoms with Crippen molar-refractivity contribution in [3.63, 3.8) is 0 Å². The highest BCUT2D eigenvalue weighted by Crippen LogP contribution is 2.18. The lowest BCUT2D eigenvalue weighted by Gasteiger charge is -2.22. The van der Waals surface area contributed by atoms with Crippen molar-refractivity contribution < 1.29 is 4.52 Å². The highest BCUT2D eigenvalue weighted by molar-refractivity contribution is 5.26. The van der Waals surface area contributed by atoms with Crippen LogP contribution in [-0.2, 0) is 12.8 Å². The molecular formula is C16H20N2O. The van der Waals surface area contributed by atoms with Crippen molar-refractivity contribution >= 4 is 0 Å². The van der Waals surface area contributed by atoms with Gasteiger partial charge in [0.25, 0.3) is 0 Å². The first kappa shape index (κ1) is 12.4. The first-order valence-corrected chi connectivity index (χ1v) is 7.11. The summed E-state index contributed by atoms with van der Waals surface area (Å²) in [4.78, 5) is 0. The van der Waals surface area contributed by atoms with Crippen LogP contribution in [-0.4, -0.2) is 17.7 Å². The molecule has 0 bridgehead atoms. The van der Waals surface area contributed by atoms with Gasteiger partial charge in [0.15, 0.2) is 0 Å². The Morgan fingerprint density at radius 1 is 1.21 bits per heavy atom. The van der Waals surface area contributed by atoms with Crippen LogP contribution >= 0.6 is 0 Å². The predicted octanol–water partition coefficient (Wildman–Crippen LogP) is 2.95. The Balaban J connectivity index is 1.68. The molecule has 0 saturated carbocycles. The van der Waals surface area contributed by atoms with E-state index in [1.165, 1.54) is 30.4 Å². The summed E-state index contributed by atoms with van der Waals surface area (Å²) >= 11 is 0. The van der Waals surface area contributed by atoms with Crippen molar-refractivity contribution in [3.05, 3.63) is 53.4 Å². The monoisotopic (exact) mass is 256 g/mol. The Bertz CT molecular complexity index is 500. The van der Waals surface area contributed by atoms with Crippen LogP contribution < -0.4 is 5.32 Å². The number of aromatic nitrogens is 1. The minimum atomic E-state index is 0.552. The molecule has 1 aromatic carbocycles. The minimum Gasteiger partial charge on any atom is -0.361 e. The molecule has 1 aliphatic rings. The normalized spacial score (nSPS) is 19.5. The van der Waals surface area contributed by atoms with Gasteiger partial charge >= 0.3 is 0 Å². The highest BCUT2D eigenvalue weighted by Gasteiger charge is 2.17. The lowest BCUT2D eigenvalue weighted by molar-refractivity contribution is 0.335. The fourth-order valence-corrected chi connectivity index (χ4v) is 2.73. The van der Waals surface area contributed by atoms with E-state index >= 15 is 0 Å². The summed E-state index contributed by atoms with van der Waals surface area (Å²) in [6.07, 6.45) is 7.59. The third-order valence-corrected chi connectivity index (χ3v) is 3.81. The molecule has 2 heterocycles. The average molecular weight is 256 g/mol. The molecule has 1 aromatic heterocycles. The lowest BCUT2D eigenvalue weighted by Crippen LogP contribution is -2.35. The Morgan fingerprint density at radius 2 is 2.11 bits per heavy atom. The number of hydrogen-bond donors (Lipinski definition) is 1. The molecule has 0 amide bonds. The Morgan fingerprint density at radius 3 is 2.89 bits per heavy atom. The summed E-state index contributed by atoms with van der Waals surface area (Å²) in [7, 11) is 0. The molecule has 1 fully saturated rings. The number of piperidine rings is 1. The zero-order valence-electron chi connectivity index (χ0n) is 11.1. The van der Waals surface area contributed by atoms with E-state index in [-0.39, 0.29) is 0 Å². The minimum absolute atomic E-state index is 0.552. The van der Waals surface area contributed by atoms with Crippen molar-refractivity contribution in [1.29, 1.82) is 0 Å². The summed E-state index contributed by atoms with van der Waals surface area (Å²) in [6, 6.07) is 11.0. The second kappa shape index (κ2) is 6.02. The Hall–Kier alpha value is -1.61. The van der Waals surface area contributed by atoms with Gasteiger partial charge in [-0.25, -0.2) is 0 Å². The molecule has 2 aromatic rings. The highest BCUT2D eigenvalue weighted by atomic mass is 16.5. The van der Waals surface area contributed by atoms with E-state index in [1.54, 1.807) is 0 Å². The smallest absolute Gasteiger partial charge is 0.141 e. The van der Waals surface area contributed by atoms with Crippen molar-refractivity contribution in [1.82, 2.24) is 10.5 Å². The van der Waals surface area contributed by atoms with Gasteiger partial charge in [-0.1, -0.05) is 41.9 Å². The molecule has 1 atom stereocenters. The van der Waals surface area contributed by atoms with Crippen molar-refractivity contribution in [2.75, 3.05) is 6.54 Å². The summed E-state index contributed by atoms with van der Waals surface area (Å²) in [5, 5.41) is 7.54. The van der Waals surface area contributed by atoms with E-state index in [0.29, 0.717) is 6.04 Å². The SMILES string of the molecule is c1ccc(Cc2cnoc2CC2CCCCN2)cc1. The van der Waals surface area contributed by atoms with Gasteiger partial charge in [-0.2, -0.15) is 0 Å². The lowest BCUT2D eigenvalue weighted by atomic mass is 9.98. The average Bonchev–Trinajstić information content (AvgIpc) is 2.88. The molecule has 19 heavy (non-hydrogen) atoms. The van der Waals surface area contributed by atoms with E-state index in [4.69, 9.17) is 4.52 Å². The number of hydrogen-bond acceptors (Lipinski definition) is 3. The molecule has 1 aliphatic heterocycles. The van der Waals surface area contributed by atoms with Crippen LogP contribution in [0.25, 0.3) is 0 Å². The number of nitrogens with one attached hydrogen (secondary N) is 1. The van der Waals surface area contributed by atoms with E-state index < -0.39 is 0 Å². The van der Waals surface area contributed by atoms with Crippen molar-refractivity contribution in [2.45, 2.75) is 38.1 Å². The van der Waals surface area contributed by atoms with E-state index in [2.05, 4.69) is 34.7 Å². The molecule has 1 saturated heterocycles. The summed E-state index contributed by atoms with van der Waals surface area (Å²) in [6.45, 7) is 1.13. The molecule has 3 heteroatoms. The van der Waals surface area contributed by atoms with Gasteiger partial charge in [0.1, 0.15) is 5.76 Å². The molecule has 0 spiro atoms. The topological polar surface area (TPSA) is 38.1 Å². The summed E-state index contributed by atoms with van der Waals surface area (Å²) in [5.41, 5.74) is 2.53. The maximum Gasteiger partial charge on any atom is 0.141 e. The standard InChI is InChI=1S/C16H20N2O/c1-2-6-13(7-3-1)10-14-12-18-19-16(14)11-15-8-4-5-9-17-15/h1-3,6-7,12,15,17H,4-5,8-11H2. The molecular weight excluding hydrogens is 236 g/mol. The first-order chi connectivity index (χ1) is 9.42. The quantitative estimate of drug-likeness (QED) is 0.914. The van der Waals surface area contributed by atoms with Crippen LogP contribution in [0.15, 0.2) is 41.1 Å². The predicted molar refractivity (Wildman–Crippen MR) is 75.1 cm³/mol. The van der Waals surface area contributed by atoms with Gasteiger partial charge in [0.2, 0.25) is 0 Å². The summed E-state index contributed by atoms with van der Waals surface area (Å²) in [5.74, 6) is 1.04. The second-order valence-electron chi connectivity index (χ2n) is 5.29. The van der Waals surface area contributed by atoms with Gasteiger partial charge in [0.05, 0.1) is 6.20 Å². The van der Waals surface area contributed by atoms with Gasteiger partial charge < -0.3 is 9.84 Å². The second-order valence-corrected chi connectivity index (χ2v) is 5.29. The molecule has 0 aliphatic carbocycles. The first-order valence-electron chi connectivity index (χ1n) is 7.11. The van der Waals surface area contributed by atoms with Gasteiger partial charge in [-0.05, 0) is 24.9 Å². The van der Waals surface area contributed by atoms with Crippen LogP contribution in [0.5, 0.6) is 0 Å². The van der Waals surface area contributed by atoms with Gasteiger partial charge in [0, 0.05) is 24.4 Å². The van der Waals surface area contributed by atoms with Crippen LogP contribution in [0.3, 0.4) is 0 Å². The maximum atomic E-state index is 5.45. The van der Waals surface area contributed by atoms with Gasteiger partial charge in [-0.3, -0.25) is 0 Å². The van der Waals surface area contributed by atoms with Crippen molar-refractivity contribution in [2.24, 2.45) is 0 Å². The van der Waals surface area contributed by atoms with Crippen LogP contribution in [0.1, 0.15) is 36.1 Å². The van der Waals surface area contributed by atoms with Crippen LogP contribution in [0.4, 0.5) is 0 Å². The third kappa shape index (κ3) is 3.24. The van der Waals surface area contributed by atoms with E-state index in [0.717, 1.165) is 25.1 Å². The Labute approximate surface area is 114 Å². The molecule has 0 radical (unpaired) electrons. The Kier molecular flexibility index (Phi) is 3.94. The number of rotatable bonds is 4. The van der Waals surface area contributed by atoms with E-state index in [1.807, 2.05) is 12.3 Å². The van der Waals surface area contributed by atoms with Gasteiger partial charge in [-0.15, -0.1) is 0 Å². The fourth-order valence-electron chi connectivity index (χ4n) is 2.73. The molecule has 1 unspecified atom stereocenters. The maximum absolute atomic E-state index is 5.45. The molecule has 3 rings (SSSR count). The molecule has 1 N–H and O–H groups in total. The zero-order valence-corrected chi connectivity index (χ0v) is 11.1. The van der Waals surface area contributed by atoms with Crippen molar-refractivity contribution in [3.8, 4) is 0 Å².